The quantitative estimate of drug-likeness (QED) is 0.348. The summed E-state index contributed by atoms with van der Waals surface area (Å²) in [6, 6.07) is 1.27. The highest BCUT2D eigenvalue weighted by Crippen LogP contribution is 2.26. The van der Waals surface area contributed by atoms with Gasteiger partial charge < -0.3 is 11.1 Å². The minimum Gasteiger partial charge on any atom is -0.370 e. The molecule has 1 rings (SSSR count). The first kappa shape index (κ1) is 17.3. The molecule has 20 heavy (non-hydrogen) atoms. The van der Waals surface area contributed by atoms with Crippen LogP contribution in [0.3, 0.4) is 0 Å². The van der Waals surface area contributed by atoms with Crippen molar-refractivity contribution in [1.29, 1.82) is 0 Å². The van der Waals surface area contributed by atoms with Gasteiger partial charge in [-0.05, 0) is 33.2 Å². The number of nitrogens with one attached hydrogen (secondary N) is 1. The Balaban J connectivity index is 2.00. The first-order valence-electron chi connectivity index (χ1n) is 8.40. The van der Waals surface area contributed by atoms with Gasteiger partial charge in [-0.3, -0.25) is 9.89 Å². The zero-order valence-corrected chi connectivity index (χ0v) is 13.7. The van der Waals surface area contributed by atoms with Crippen LogP contribution in [0, 0.1) is 0 Å². The van der Waals surface area contributed by atoms with Crippen molar-refractivity contribution in [1.82, 2.24) is 10.2 Å². The molecule has 0 spiro atoms. The molecule has 1 aliphatic carbocycles. The number of hydrogen-bond donors (Lipinski definition) is 2. The number of likely N-dealkylation sites (N-methyl/N-ethyl adjacent to an activating group) is 1. The maximum atomic E-state index is 5.90. The summed E-state index contributed by atoms with van der Waals surface area (Å²) in [5, 5.41) is 3.22. The van der Waals surface area contributed by atoms with Crippen LogP contribution in [0.15, 0.2) is 4.99 Å². The van der Waals surface area contributed by atoms with E-state index in [2.05, 4.69) is 36.1 Å². The number of rotatable bonds is 11. The summed E-state index contributed by atoms with van der Waals surface area (Å²) in [5.41, 5.74) is 5.90. The third-order valence-corrected chi connectivity index (χ3v) is 4.18. The monoisotopic (exact) mass is 282 g/mol. The van der Waals surface area contributed by atoms with Crippen molar-refractivity contribution in [2.45, 2.75) is 77.3 Å². The molecule has 1 aliphatic rings. The highest BCUT2D eigenvalue weighted by Gasteiger charge is 2.28. The predicted octanol–water partition coefficient (Wildman–Crippen LogP) is 2.73. The fraction of sp³-hybridized carbons (Fsp3) is 0.938. The SMILES string of the molecule is CCCCCCCCNC(N)=NCC(C)N(C)C1CC1. The van der Waals surface area contributed by atoms with Crippen LogP contribution in [0.1, 0.15) is 65.2 Å². The Morgan fingerprint density at radius 1 is 1.25 bits per heavy atom. The van der Waals surface area contributed by atoms with Gasteiger partial charge in [0.05, 0.1) is 6.54 Å². The smallest absolute Gasteiger partial charge is 0.188 e. The van der Waals surface area contributed by atoms with Crippen LogP contribution in [-0.4, -0.2) is 43.1 Å². The molecule has 1 atom stereocenters. The third-order valence-electron chi connectivity index (χ3n) is 4.18. The highest BCUT2D eigenvalue weighted by molar-refractivity contribution is 5.77. The first-order chi connectivity index (χ1) is 9.65. The van der Waals surface area contributed by atoms with Gasteiger partial charge in [0, 0.05) is 18.6 Å². The van der Waals surface area contributed by atoms with E-state index in [1.165, 1.54) is 51.4 Å². The molecule has 1 fully saturated rings. The summed E-state index contributed by atoms with van der Waals surface area (Å²) in [5.74, 6) is 0.606. The van der Waals surface area contributed by atoms with E-state index in [9.17, 15) is 0 Å². The van der Waals surface area contributed by atoms with Crippen LogP contribution < -0.4 is 11.1 Å². The molecule has 1 saturated carbocycles. The molecule has 0 heterocycles. The summed E-state index contributed by atoms with van der Waals surface area (Å²) >= 11 is 0. The topological polar surface area (TPSA) is 53.6 Å². The molecule has 0 aliphatic heterocycles. The van der Waals surface area contributed by atoms with Crippen molar-refractivity contribution >= 4 is 5.96 Å². The van der Waals surface area contributed by atoms with E-state index >= 15 is 0 Å². The van der Waals surface area contributed by atoms with E-state index < -0.39 is 0 Å². The van der Waals surface area contributed by atoms with Crippen LogP contribution in [0.25, 0.3) is 0 Å². The lowest BCUT2D eigenvalue weighted by atomic mass is 10.1. The second-order valence-corrected chi connectivity index (χ2v) is 6.17. The number of nitrogens with two attached hydrogens (primary N) is 1. The lowest BCUT2D eigenvalue weighted by molar-refractivity contribution is 0.253. The molecule has 3 N–H and O–H groups in total. The highest BCUT2D eigenvalue weighted by atomic mass is 15.2. The van der Waals surface area contributed by atoms with Gasteiger partial charge in [-0.15, -0.1) is 0 Å². The number of hydrogen-bond acceptors (Lipinski definition) is 2. The van der Waals surface area contributed by atoms with Gasteiger partial charge >= 0.3 is 0 Å². The predicted molar refractivity (Wildman–Crippen MR) is 88.1 cm³/mol. The van der Waals surface area contributed by atoms with E-state index in [1.807, 2.05) is 0 Å². The molecule has 0 amide bonds. The Bertz CT molecular complexity index is 274. The zero-order chi connectivity index (χ0) is 14.8. The summed E-state index contributed by atoms with van der Waals surface area (Å²) in [6.45, 7) is 6.22. The zero-order valence-electron chi connectivity index (χ0n) is 13.7. The van der Waals surface area contributed by atoms with E-state index in [4.69, 9.17) is 5.73 Å². The largest absolute Gasteiger partial charge is 0.370 e. The second kappa shape index (κ2) is 10.0. The Kier molecular flexibility index (Phi) is 8.67. The Morgan fingerprint density at radius 3 is 2.55 bits per heavy atom. The Labute approximate surface area is 125 Å². The van der Waals surface area contributed by atoms with Gasteiger partial charge in [0.15, 0.2) is 5.96 Å². The van der Waals surface area contributed by atoms with Crippen LogP contribution in [0.4, 0.5) is 0 Å². The van der Waals surface area contributed by atoms with E-state index in [1.54, 1.807) is 0 Å². The fourth-order valence-electron chi connectivity index (χ4n) is 2.38. The van der Waals surface area contributed by atoms with E-state index in [-0.39, 0.29) is 0 Å². The molecule has 1 unspecified atom stereocenters. The second-order valence-electron chi connectivity index (χ2n) is 6.17. The number of nitrogens with zero attached hydrogens (tertiary/aromatic N) is 2. The van der Waals surface area contributed by atoms with Crippen molar-refractivity contribution in [3.63, 3.8) is 0 Å². The number of guanidine groups is 1. The Hall–Kier alpha value is -0.770. The van der Waals surface area contributed by atoms with Crippen LogP contribution in [0.2, 0.25) is 0 Å². The van der Waals surface area contributed by atoms with Gasteiger partial charge in [-0.1, -0.05) is 39.0 Å². The summed E-state index contributed by atoms with van der Waals surface area (Å²) in [7, 11) is 2.19. The average molecular weight is 282 g/mol. The standard InChI is InChI=1S/C16H34N4/c1-4-5-6-7-8-9-12-18-16(17)19-13-14(2)20(3)15-10-11-15/h14-15H,4-13H2,1-3H3,(H3,17,18,19). The number of aliphatic imine (C=N–C) groups is 1. The normalized spacial score (nSPS) is 17.5. The minimum atomic E-state index is 0.483. The van der Waals surface area contributed by atoms with Gasteiger partial charge in [0.1, 0.15) is 0 Å². The molecule has 0 aromatic rings. The molecule has 4 heteroatoms. The molecular weight excluding hydrogens is 248 g/mol. The van der Waals surface area contributed by atoms with Crippen molar-refractivity contribution in [2.75, 3.05) is 20.1 Å². The van der Waals surface area contributed by atoms with E-state index in [0.717, 1.165) is 19.1 Å². The fourth-order valence-corrected chi connectivity index (χ4v) is 2.38. The van der Waals surface area contributed by atoms with E-state index in [0.29, 0.717) is 12.0 Å². The van der Waals surface area contributed by atoms with Crippen LogP contribution in [0.5, 0.6) is 0 Å². The maximum absolute atomic E-state index is 5.90. The first-order valence-corrected chi connectivity index (χ1v) is 8.40. The summed E-state index contributed by atoms with van der Waals surface area (Å²) < 4.78 is 0. The van der Waals surface area contributed by atoms with Crippen molar-refractivity contribution in [2.24, 2.45) is 10.7 Å². The molecule has 4 nitrogen and oxygen atoms in total. The van der Waals surface area contributed by atoms with Gasteiger partial charge in [0.2, 0.25) is 0 Å². The molecule has 0 radical (unpaired) electrons. The van der Waals surface area contributed by atoms with Crippen LogP contribution in [-0.2, 0) is 0 Å². The van der Waals surface area contributed by atoms with Crippen LogP contribution >= 0.6 is 0 Å². The molecule has 0 bridgehead atoms. The lowest BCUT2D eigenvalue weighted by Crippen LogP contribution is -2.37. The van der Waals surface area contributed by atoms with Crippen molar-refractivity contribution < 1.29 is 0 Å². The third kappa shape index (κ3) is 7.73. The lowest BCUT2D eigenvalue weighted by Gasteiger charge is -2.22. The average Bonchev–Trinajstić information content (AvgIpc) is 3.27. The van der Waals surface area contributed by atoms with Gasteiger partial charge in [-0.2, -0.15) is 0 Å². The van der Waals surface area contributed by atoms with Gasteiger partial charge in [0.25, 0.3) is 0 Å². The molecule has 0 aromatic heterocycles. The number of unbranched alkanes of at least 4 members (excludes halogenated alkanes) is 5. The summed E-state index contributed by atoms with van der Waals surface area (Å²) in [6.07, 6.45) is 10.6. The Morgan fingerprint density at radius 2 is 1.90 bits per heavy atom. The van der Waals surface area contributed by atoms with Crippen molar-refractivity contribution in [3.8, 4) is 0 Å². The molecule has 118 valence electrons. The maximum Gasteiger partial charge on any atom is 0.188 e. The van der Waals surface area contributed by atoms with Gasteiger partial charge in [-0.25, -0.2) is 0 Å². The molecule has 0 aromatic carbocycles. The molecular formula is C16H34N4. The molecule has 0 saturated heterocycles. The van der Waals surface area contributed by atoms with Crippen molar-refractivity contribution in [3.05, 3.63) is 0 Å². The minimum absolute atomic E-state index is 0.483. The summed E-state index contributed by atoms with van der Waals surface area (Å²) in [4.78, 5) is 6.87.